The van der Waals surface area contributed by atoms with Gasteiger partial charge in [-0.25, -0.2) is 4.79 Å². The first-order chi connectivity index (χ1) is 7.72. The van der Waals surface area contributed by atoms with Crippen LogP contribution in [0.15, 0.2) is 0 Å². The summed E-state index contributed by atoms with van der Waals surface area (Å²) in [6.45, 7) is 10.2. The van der Waals surface area contributed by atoms with E-state index >= 15 is 0 Å². The monoisotopic (exact) mass is 242 g/mol. The summed E-state index contributed by atoms with van der Waals surface area (Å²) in [4.78, 5) is 23.5. The molecule has 98 valence electrons. The molecule has 0 radical (unpaired) electrons. The van der Waals surface area contributed by atoms with E-state index in [4.69, 9.17) is 9.47 Å². The van der Waals surface area contributed by atoms with Crippen LogP contribution >= 0.6 is 0 Å². The first-order valence-electron chi connectivity index (χ1n) is 6.10. The molecule has 4 nitrogen and oxygen atoms in total. The third-order valence-electron chi connectivity index (χ3n) is 3.95. The molecule has 17 heavy (non-hydrogen) atoms. The molecule has 1 rings (SSSR count). The van der Waals surface area contributed by atoms with Gasteiger partial charge in [-0.3, -0.25) is 4.79 Å². The van der Waals surface area contributed by atoms with Crippen molar-refractivity contribution in [1.29, 1.82) is 0 Å². The van der Waals surface area contributed by atoms with E-state index in [9.17, 15) is 9.59 Å². The number of rotatable bonds is 3. The van der Waals surface area contributed by atoms with E-state index in [-0.39, 0.29) is 11.4 Å². The summed E-state index contributed by atoms with van der Waals surface area (Å²) in [6.07, 6.45) is 0.432. The minimum Gasteiger partial charge on any atom is -0.463 e. The third kappa shape index (κ3) is 2.61. The average molecular weight is 242 g/mol. The lowest BCUT2D eigenvalue weighted by molar-refractivity contribution is -0.173. The van der Waals surface area contributed by atoms with Gasteiger partial charge in [0.05, 0.1) is 12.0 Å². The number of esters is 2. The summed E-state index contributed by atoms with van der Waals surface area (Å²) in [6, 6.07) is 0. The SMILES string of the molecule is CCC(C)(C(=O)OC1CCOC1=O)C(C)(C)C. The van der Waals surface area contributed by atoms with Crippen LogP contribution in [0.1, 0.15) is 47.5 Å². The zero-order valence-electron chi connectivity index (χ0n) is 11.3. The Morgan fingerprint density at radius 2 is 2.00 bits per heavy atom. The highest BCUT2D eigenvalue weighted by Gasteiger charge is 2.46. The van der Waals surface area contributed by atoms with E-state index in [0.717, 1.165) is 0 Å². The standard InChI is InChI=1S/C13H22O4/c1-6-13(5,12(2,3)4)11(15)17-9-7-8-16-10(9)14/h9H,6-8H2,1-5H3. The smallest absolute Gasteiger partial charge is 0.347 e. The summed E-state index contributed by atoms with van der Waals surface area (Å²) in [5.41, 5.74) is -0.794. The van der Waals surface area contributed by atoms with E-state index in [1.54, 1.807) is 0 Å². The summed E-state index contributed by atoms with van der Waals surface area (Å²) in [5.74, 6) is -0.734. The van der Waals surface area contributed by atoms with Crippen molar-refractivity contribution in [2.24, 2.45) is 10.8 Å². The van der Waals surface area contributed by atoms with Gasteiger partial charge in [-0.2, -0.15) is 0 Å². The molecule has 4 heteroatoms. The topological polar surface area (TPSA) is 52.6 Å². The number of carbonyl (C=O) groups excluding carboxylic acids is 2. The highest BCUT2D eigenvalue weighted by molar-refractivity contribution is 5.83. The molecule has 1 fully saturated rings. The van der Waals surface area contributed by atoms with Gasteiger partial charge in [0.1, 0.15) is 0 Å². The molecule has 2 atom stereocenters. The average Bonchev–Trinajstić information content (AvgIpc) is 2.61. The molecule has 1 aliphatic rings. The lowest BCUT2D eigenvalue weighted by atomic mass is 9.66. The lowest BCUT2D eigenvalue weighted by Gasteiger charge is -2.39. The van der Waals surface area contributed by atoms with Crippen LogP contribution in [0.2, 0.25) is 0 Å². The summed E-state index contributed by atoms with van der Waals surface area (Å²) >= 11 is 0. The van der Waals surface area contributed by atoms with Crippen LogP contribution in [0.25, 0.3) is 0 Å². The van der Waals surface area contributed by atoms with E-state index in [2.05, 4.69) is 0 Å². The van der Waals surface area contributed by atoms with Gasteiger partial charge in [0, 0.05) is 6.42 Å². The van der Waals surface area contributed by atoms with Crippen molar-refractivity contribution in [2.75, 3.05) is 6.61 Å². The molecule has 0 aromatic rings. The molecular formula is C13H22O4. The van der Waals surface area contributed by atoms with Gasteiger partial charge in [0.15, 0.2) is 0 Å². The molecule has 1 aliphatic heterocycles. The normalized spacial score (nSPS) is 24.1. The second-order valence-corrected chi connectivity index (χ2v) is 5.79. The second kappa shape index (κ2) is 4.67. The molecule has 1 saturated heterocycles. The van der Waals surface area contributed by atoms with E-state index in [1.165, 1.54) is 0 Å². The lowest BCUT2D eigenvalue weighted by Crippen LogP contribution is -2.43. The first-order valence-corrected chi connectivity index (χ1v) is 6.10. The van der Waals surface area contributed by atoms with Gasteiger partial charge in [0.2, 0.25) is 6.10 Å². The fourth-order valence-corrected chi connectivity index (χ4v) is 1.82. The van der Waals surface area contributed by atoms with Crippen LogP contribution in [0.5, 0.6) is 0 Å². The van der Waals surface area contributed by atoms with Gasteiger partial charge in [0.25, 0.3) is 0 Å². The van der Waals surface area contributed by atoms with Crippen molar-refractivity contribution < 1.29 is 19.1 Å². The van der Waals surface area contributed by atoms with Crippen LogP contribution in [-0.4, -0.2) is 24.6 Å². The van der Waals surface area contributed by atoms with Crippen molar-refractivity contribution in [1.82, 2.24) is 0 Å². The quantitative estimate of drug-likeness (QED) is 0.713. The molecule has 0 aliphatic carbocycles. The molecule has 0 N–H and O–H groups in total. The summed E-state index contributed by atoms with van der Waals surface area (Å²) < 4.78 is 10.1. The van der Waals surface area contributed by atoms with Gasteiger partial charge in [-0.15, -0.1) is 0 Å². The fourth-order valence-electron chi connectivity index (χ4n) is 1.82. The number of carbonyl (C=O) groups is 2. The maximum absolute atomic E-state index is 12.2. The Hall–Kier alpha value is -1.06. The largest absolute Gasteiger partial charge is 0.463 e. The van der Waals surface area contributed by atoms with Crippen LogP contribution in [0.3, 0.4) is 0 Å². The van der Waals surface area contributed by atoms with Gasteiger partial charge < -0.3 is 9.47 Å². The predicted octanol–water partition coefficient (Wildman–Crippen LogP) is 2.31. The van der Waals surface area contributed by atoms with Crippen molar-refractivity contribution in [2.45, 2.75) is 53.6 Å². The summed E-state index contributed by atoms with van der Waals surface area (Å²) in [5, 5.41) is 0. The minimum atomic E-state index is -0.712. The van der Waals surface area contributed by atoms with E-state index in [0.29, 0.717) is 19.4 Å². The zero-order valence-corrected chi connectivity index (χ0v) is 11.3. The molecule has 2 unspecified atom stereocenters. The maximum atomic E-state index is 12.2. The van der Waals surface area contributed by atoms with Gasteiger partial charge in [-0.05, 0) is 18.8 Å². The van der Waals surface area contributed by atoms with E-state index < -0.39 is 17.5 Å². The molecule has 1 heterocycles. The molecule has 0 spiro atoms. The molecule has 0 amide bonds. The molecule has 0 bridgehead atoms. The van der Waals surface area contributed by atoms with Crippen LogP contribution in [-0.2, 0) is 19.1 Å². The van der Waals surface area contributed by atoms with Crippen molar-refractivity contribution >= 4 is 11.9 Å². The highest BCUT2D eigenvalue weighted by atomic mass is 16.6. The van der Waals surface area contributed by atoms with Crippen molar-refractivity contribution in [3.05, 3.63) is 0 Å². The highest BCUT2D eigenvalue weighted by Crippen LogP contribution is 2.42. The number of hydrogen-bond acceptors (Lipinski definition) is 4. The predicted molar refractivity (Wildman–Crippen MR) is 63.3 cm³/mol. The molecular weight excluding hydrogens is 220 g/mol. The van der Waals surface area contributed by atoms with E-state index in [1.807, 2.05) is 34.6 Å². The Balaban J connectivity index is 2.77. The maximum Gasteiger partial charge on any atom is 0.347 e. The Kier molecular flexibility index (Phi) is 3.84. The molecule has 0 aromatic heterocycles. The second-order valence-electron chi connectivity index (χ2n) is 5.79. The van der Waals surface area contributed by atoms with Crippen molar-refractivity contribution in [3.63, 3.8) is 0 Å². The molecule has 0 saturated carbocycles. The zero-order chi connectivity index (χ0) is 13.3. The van der Waals surface area contributed by atoms with Crippen molar-refractivity contribution in [3.8, 4) is 0 Å². The Labute approximate surface area is 103 Å². The minimum absolute atomic E-state index is 0.207. The van der Waals surface area contributed by atoms with Gasteiger partial charge >= 0.3 is 11.9 Å². The number of ether oxygens (including phenoxy) is 2. The molecule has 0 aromatic carbocycles. The Morgan fingerprint density at radius 3 is 2.35 bits per heavy atom. The van der Waals surface area contributed by atoms with Crippen LogP contribution < -0.4 is 0 Å². The number of hydrogen-bond donors (Lipinski definition) is 0. The fraction of sp³-hybridized carbons (Fsp3) is 0.846. The summed E-state index contributed by atoms with van der Waals surface area (Å²) in [7, 11) is 0. The van der Waals surface area contributed by atoms with Gasteiger partial charge in [-0.1, -0.05) is 27.7 Å². The Morgan fingerprint density at radius 1 is 1.41 bits per heavy atom. The van der Waals surface area contributed by atoms with Crippen LogP contribution in [0.4, 0.5) is 0 Å². The first kappa shape index (κ1) is 14.0. The van der Waals surface area contributed by atoms with Crippen LogP contribution in [0, 0.1) is 10.8 Å². The Bertz CT molecular complexity index is 316. The third-order valence-corrected chi connectivity index (χ3v) is 3.95. The number of cyclic esters (lactones) is 1.